The molecule has 10 aromatic rings. The van der Waals surface area contributed by atoms with Gasteiger partial charge in [0.15, 0.2) is 11.6 Å². The Kier molecular flexibility index (Phi) is 8.99. The lowest BCUT2D eigenvalue weighted by Crippen LogP contribution is -2.11. The van der Waals surface area contributed by atoms with Crippen LogP contribution in [0.3, 0.4) is 0 Å². The topological polar surface area (TPSA) is 56.5 Å². The molecule has 0 unspecified atom stereocenters. The summed E-state index contributed by atoms with van der Waals surface area (Å²) < 4.78 is 2.40. The van der Waals surface area contributed by atoms with Gasteiger partial charge in [-0.3, -0.25) is 0 Å². The first kappa shape index (κ1) is 35.9. The molecular weight excluding hydrogens is 719 g/mol. The predicted octanol–water partition coefficient (Wildman–Crippen LogP) is 13.7. The number of aromatic nitrogens is 5. The van der Waals surface area contributed by atoms with Crippen molar-refractivity contribution in [3.8, 4) is 73.5 Å². The number of fused-ring (bicyclic) bond motifs is 3. The van der Waals surface area contributed by atoms with Crippen molar-refractivity contribution in [2.24, 2.45) is 0 Å². The van der Waals surface area contributed by atoms with Gasteiger partial charge in [-0.15, -0.1) is 0 Å². The van der Waals surface area contributed by atoms with Gasteiger partial charge in [-0.25, -0.2) is 19.9 Å². The third-order valence-corrected chi connectivity index (χ3v) is 11.0. The first-order chi connectivity index (χ1) is 28.9. The molecule has 0 aliphatic rings. The molecule has 0 atom stereocenters. The molecule has 0 N–H and O–H groups in total. The SMILES string of the molecule is CC(C)(C)c1ccc2c3ccccc3n(-c3ccc(-c4nc(-c5ccccc5)cc(-c5ccccc5)n4)cc3-c3cc(-c4ccccc4)nc(-c4ccccc4)n3)c2c1. The van der Waals surface area contributed by atoms with E-state index in [1.165, 1.54) is 16.3 Å². The van der Waals surface area contributed by atoms with Crippen LogP contribution in [0.5, 0.6) is 0 Å². The third kappa shape index (κ3) is 6.87. The highest BCUT2D eigenvalue weighted by atomic mass is 15.0. The Balaban J connectivity index is 1.28. The predicted molar refractivity (Wildman–Crippen MR) is 243 cm³/mol. The number of benzene rings is 7. The van der Waals surface area contributed by atoms with Gasteiger partial charge in [0.05, 0.1) is 39.5 Å². The van der Waals surface area contributed by atoms with Gasteiger partial charge in [-0.05, 0) is 53.4 Å². The van der Waals surface area contributed by atoms with E-state index >= 15 is 0 Å². The quantitative estimate of drug-likeness (QED) is 0.162. The molecule has 0 saturated heterocycles. The van der Waals surface area contributed by atoms with E-state index < -0.39 is 0 Å². The molecular formula is C54H41N5. The maximum atomic E-state index is 5.39. The van der Waals surface area contributed by atoms with E-state index in [-0.39, 0.29) is 5.41 Å². The Morgan fingerprint density at radius 1 is 0.356 bits per heavy atom. The maximum Gasteiger partial charge on any atom is 0.160 e. The van der Waals surface area contributed by atoms with Crippen LogP contribution in [0.25, 0.3) is 95.3 Å². The van der Waals surface area contributed by atoms with Crippen molar-refractivity contribution >= 4 is 21.8 Å². The number of hydrogen-bond donors (Lipinski definition) is 0. The van der Waals surface area contributed by atoms with E-state index in [2.05, 4.69) is 159 Å². The first-order valence-electron chi connectivity index (χ1n) is 20.1. The largest absolute Gasteiger partial charge is 0.309 e. The van der Waals surface area contributed by atoms with E-state index in [1.54, 1.807) is 0 Å². The molecule has 3 heterocycles. The van der Waals surface area contributed by atoms with Crippen LogP contribution in [0.1, 0.15) is 26.3 Å². The minimum Gasteiger partial charge on any atom is -0.309 e. The lowest BCUT2D eigenvalue weighted by Gasteiger charge is -2.20. The molecule has 59 heavy (non-hydrogen) atoms. The van der Waals surface area contributed by atoms with Gasteiger partial charge in [0.1, 0.15) is 0 Å². The van der Waals surface area contributed by atoms with Crippen molar-refractivity contribution in [2.45, 2.75) is 26.2 Å². The molecule has 0 bridgehead atoms. The highest BCUT2D eigenvalue weighted by molar-refractivity contribution is 6.10. The number of hydrogen-bond acceptors (Lipinski definition) is 4. The fourth-order valence-electron chi connectivity index (χ4n) is 7.92. The Hall–Kier alpha value is -7.50. The zero-order valence-electron chi connectivity index (χ0n) is 33.2. The van der Waals surface area contributed by atoms with Gasteiger partial charge < -0.3 is 4.57 Å². The zero-order chi connectivity index (χ0) is 39.9. The average molecular weight is 760 g/mol. The van der Waals surface area contributed by atoms with Crippen molar-refractivity contribution < 1.29 is 0 Å². The van der Waals surface area contributed by atoms with E-state index in [4.69, 9.17) is 19.9 Å². The average Bonchev–Trinajstić information content (AvgIpc) is 3.63. The van der Waals surface area contributed by atoms with Crippen LogP contribution in [-0.2, 0) is 5.41 Å². The van der Waals surface area contributed by atoms with E-state index in [1.807, 2.05) is 60.7 Å². The lowest BCUT2D eigenvalue weighted by atomic mass is 9.86. The van der Waals surface area contributed by atoms with Crippen LogP contribution in [0.2, 0.25) is 0 Å². The van der Waals surface area contributed by atoms with E-state index in [0.29, 0.717) is 11.6 Å². The molecule has 0 spiro atoms. The fraction of sp³-hybridized carbons (Fsp3) is 0.0741. The Bertz CT molecular complexity index is 3000. The van der Waals surface area contributed by atoms with Crippen LogP contribution in [-0.4, -0.2) is 24.5 Å². The first-order valence-corrected chi connectivity index (χ1v) is 20.1. The summed E-state index contributed by atoms with van der Waals surface area (Å²) in [6.07, 6.45) is 0. The summed E-state index contributed by atoms with van der Waals surface area (Å²) in [5, 5.41) is 2.40. The second-order valence-electron chi connectivity index (χ2n) is 16.0. The standard InChI is InChI=1S/C54H41N5/c1-54(2,3)41-29-30-43-42-26-16-17-27-49(42)59(51(43)33-41)50-31-28-40(53-56-45(36-18-8-4-9-19-36)34-46(57-53)37-20-10-5-11-21-37)32-44(50)48-35-47(38-22-12-6-13-23-38)55-52(58-48)39-24-14-7-15-25-39/h4-35H,1-3H3. The summed E-state index contributed by atoms with van der Waals surface area (Å²) in [5.74, 6) is 1.29. The van der Waals surface area contributed by atoms with Crippen LogP contribution in [0.15, 0.2) is 194 Å². The molecule has 0 radical (unpaired) electrons. The van der Waals surface area contributed by atoms with Crippen molar-refractivity contribution in [3.05, 3.63) is 200 Å². The van der Waals surface area contributed by atoms with Gasteiger partial charge >= 0.3 is 0 Å². The van der Waals surface area contributed by atoms with Gasteiger partial charge in [-0.1, -0.05) is 172 Å². The summed E-state index contributed by atoms with van der Waals surface area (Å²) >= 11 is 0. The van der Waals surface area contributed by atoms with Crippen LogP contribution in [0, 0.1) is 0 Å². The third-order valence-electron chi connectivity index (χ3n) is 11.0. The second-order valence-corrected chi connectivity index (χ2v) is 16.0. The second kappa shape index (κ2) is 14.8. The number of rotatable bonds is 7. The Morgan fingerprint density at radius 2 is 0.814 bits per heavy atom. The summed E-state index contributed by atoms with van der Waals surface area (Å²) in [5.41, 5.74) is 13.7. The molecule has 3 aromatic heterocycles. The summed E-state index contributed by atoms with van der Waals surface area (Å²) in [6.45, 7) is 6.81. The van der Waals surface area contributed by atoms with Crippen molar-refractivity contribution in [1.82, 2.24) is 24.5 Å². The van der Waals surface area contributed by atoms with E-state index in [0.717, 1.165) is 72.9 Å². The van der Waals surface area contributed by atoms with Crippen molar-refractivity contribution in [1.29, 1.82) is 0 Å². The molecule has 0 saturated carbocycles. The lowest BCUT2D eigenvalue weighted by molar-refractivity contribution is 0.591. The molecule has 5 nitrogen and oxygen atoms in total. The highest BCUT2D eigenvalue weighted by Gasteiger charge is 2.22. The van der Waals surface area contributed by atoms with Gasteiger partial charge in [0, 0.05) is 44.2 Å². The molecule has 5 heteroatoms. The van der Waals surface area contributed by atoms with E-state index in [9.17, 15) is 0 Å². The number of nitrogens with zero attached hydrogens (tertiary/aromatic N) is 5. The summed E-state index contributed by atoms with van der Waals surface area (Å²) in [7, 11) is 0. The molecule has 7 aromatic carbocycles. The zero-order valence-corrected chi connectivity index (χ0v) is 33.2. The highest BCUT2D eigenvalue weighted by Crippen LogP contribution is 2.40. The normalized spacial score (nSPS) is 11.6. The van der Waals surface area contributed by atoms with Gasteiger partial charge in [0.2, 0.25) is 0 Å². The van der Waals surface area contributed by atoms with Crippen molar-refractivity contribution in [2.75, 3.05) is 0 Å². The summed E-state index contributed by atoms with van der Waals surface area (Å²) in [6, 6.07) is 67.6. The van der Waals surface area contributed by atoms with Crippen LogP contribution in [0.4, 0.5) is 0 Å². The number of para-hydroxylation sites is 1. The maximum absolute atomic E-state index is 5.39. The Morgan fingerprint density at radius 3 is 1.37 bits per heavy atom. The minimum atomic E-state index is -0.0401. The molecule has 0 amide bonds. The fourth-order valence-corrected chi connectivity index (χ4v) is 7.92. The molecule has 10 rings (SSSR count). The monoisotopic (exact) mass is 759 g/mol. The summed E-state index contributed by atoms with van der Waals surface area (Å²) in [4.78, 5) is 21.0. The van der Waals surface area contributed by atoms with Gasteiger partial charge in [0.25, 0.3) is 0 Å². The Labute approximate surface area is 344 Å². The molecule has 0 fully saturated rings. The smallest absolute Gasteiger partial charge is 0.160 e. The molecule has 282 valence electrons. The molecule has 0 aliphatic carbocycles. The van der Waals surface area contributed by atoms with Crippen LogP contribution < -0.4 is 0 Å². The van der Waals surface area contributed by atoms with Crippen LogP contribution >= 0.6 is 0 Å². The van der Waals surface area contributed by atoms with Crippen molar-refractivity contribution in [3.63, 3.8) is 0 Å². The minimum absolute atomic E-state index is 0.0401. The molecule has 0 aliphatic heterocycles. The van der Waals surface area contributed by atoms with Gasteiger partial charge in [-0.2, -0.15) is 0 Å².